The molecule has 2 aromatic rings. The van der Waals surface area contributed by atoms with E-state index in [1.165, 1.54) is 0 Å². The summed E-state index contributed by atoms with van der Waals surface area (Å²) < 4.78 is 0. The van der Waals surface area contributed by atoms with E-state index in [0.29, 0.717) is 6.54 Å². The van der Waals surface area contributed by atoms with Crippen molar-refractivity contribution >= 4 is 23.2 Å². The molecule has 0 spiro atoms. The molecule has 0 aliphatic rings. The Balaban J connectivity index is 1.95. The summed E-state index contributed by atoms with van der Waals surface area (Å²) in [6, 6.07) is 9.70. The van der Waals surface area contributed by atoms with Gasteiger partial charge in [0.15, 0.2) is 0 Å². The highest BCUT2D eigenvalue weighted by Gasteiger charge is 2.02. The van der Waals surface area contributed by atoms with Gasteiger partial charge in [0, 0.05) is 30.7 Å². The first-order chi connectivity index (χ1) is 10.5. The molecule has 0 aliphatic heterocycles. The molecular formula is C16H22ClN5. The van der Waals surface area contributed by atoms with Gasteiger partial charge in [-0.15, -0.1) is 0 Å². The van der Waals surface area contributed by atoms with Gasteiger partial charge >= 0.3 is 0 Å². The van der Waals surface area contributed by atoms with Crippen molar-refractivity contribution < 1.29 is 0 Å². The van der Waals surface area contributed by atoms with E-state index in [9.17, 15) is 0 Å². The van der Waals surface area contributed by atoms with Gasteiger partial charge < -0.3 is 15.5 Å². The predicted molar refractivity (Wildman–Crippen MR) is 92.6 cm³/mol. The van der Waals surface area contributed by atoms with Gasteiger partial charge in [0.05, 0.1) is 0 Å². The van der Waals surface area contributed by atoms with Gasteiger partial charge in [-0.1, -0.05) is 23.7 Å². The number of anilines is 2. The van der Waals surface area contributed by atoms with Crippen molar-refractivity contribution in [1.29, 1.82) is 0 Å². The maximum atomic E-state index is 5.89. The molecule has 0 aliphatic carbocycles. The first-order valence-corrected chi connectivity index (χ1v) is 7.63. The highest BCUT2D eigenvalue weighted by molar-refractivity contribution is 6.30. The lowest BCUT2D eigenvalue weighted by Gasteiger charge is -2.12. The van der Waals surface area contributed by atoms with Crippen LogP contribution in [-0.2, 0) is 6.54 Å². The minimum Gasteiger partial charge on any atom is -0.369 e. The molecule has 0 bridgehead atoms. The van der Waals surface area contributed by atoms with Crippen molar-refractivity contribution in [3.8, 4) is 0 Å². The molecule has 2 N–H and O–H groups in total. The van der Waals surface area contributed by atoms with Crippen LogP contribution in [-0.4, -0.2) is 42.1 Å². The number of nitrogens with zero attached hydrogens (tertiary/aromatic N) is 3. The molecular weight excluding hydrogens is 298 g/mol. The van der Waals surface area contributed by atoms with Crippen LogP contribution in [0.5, 0.6) is 0 Å². The van der Waals surface area contributed by atoms with Crippen LogP contribution in [0, 0.1) is 6.92 Å². The zero-order chi connectivity index (χ0) is 15.9. The zero-order valence-corrected chi connectivity index (χ0v) is 14.0. The Labute approximate surface area is 136 Å². The first kappa shape index (κ1) is 16.5. The van der Waals surface area contributed by atoms with Gasteiger partial charge in [-0.2, -0.15) is 0 Å². The molecule has 0 amide bonds. The zero-order valence-electron chi connectivity index (χ0n) is 13.2. The van der Waals surface area contributed by atoms with Gasteiger partial charge in [0.25, 0.3) is 0 Å². The van der Waals surface area contributed by atoms with E-state index in [-0.39, 0.29) is 0 Å². The lowest BCUT2D eigenvalue weighted by Crippen LogP contribution is -2.21. The minimum atomic E-state index is 0.699. The second-order valence-electron chi connectivity index (χ2n) is 5.40. The van der Waals surface area contributed by atoms with Gasteiger partial charge in [0.2, 0.25) is 0 Å². The van der Waals surface area contributed by atoms with Crippen molar-refractivity contribution in [2.75, 3.05) is 37.8 Å². The minimum absolute atomic E-state index is 0.699. The predicted octanol–water partition coefficient (Wildman–Crippen LogP) is 3.02. The number of aryl methyl sites for hydroxylation is 1. The molecule has 1 heterocycles. The average molecular weight is 320 g/mol. The fourth-order valence-corrected chi connectivity index (χ4v) is 2.08. The average Bonchev–Trinajstić information content (AvgIpc) is 2.46. The fraction of sp³-hybridized carbons (Fsp3) is 0.375. The fourth-order valence-electron chi connectivity index (χ4n) is 1.95. The summed E-state index contributed by atoms with van der Waals surface area (Å²) in [5.74, 6) is 2.40. The van der Waals surface area contributed by atoms with Crippen molar-refractivity contribution in [2.45, 2.75) is 13.5 Å². The molecule has 0 saturated heterocycles. The summed E-state index contributed by atoms with van der Waals surface area (Å²) in [4.78, 5) is 10.9. The van der Waals surface area contributed by atoms with E-state index in [1.54, 1.807) is 0 Å². The SMILES string of the molecule is Cc1nc(NCCN(C)C)cc(NCc2ccc(Cl)cc2)n1. The third-order valence-corrected chi connectivity index (χ3v) is 3.34. The number of hydrogen-bond donors (Lipinski definition) is 2. The van der Waals surface area contributed by atoms with Crippen LogP contribution in [0.3, 0.4) is 0 Å². The summed E-state index contributed by atoms with van der Waals surface area (Å²) in [5.41, 5.74) is 1.16. The summed E-state index contributed by atoms with van der Waals surface area (Å²) in [7, 11) is 4.10. The van der Waals surface area contributed by atoms with Crippen LogP contribution in [0.1, 0.15) is 11.4 Å². The van der Waals surface area contributed by atoms with Crippen LogP contribution >= 0.6 is 11.6 Å². The molecule has 1 aromatic carbocycles. The third kappa shape index (κ3) is 5.50. The number of aromatic nitrogens is 2. The lowest BCUT2D eigenvalue weighted by atomic mass is 10.2. The Morgan fingerprint density at radius 3 is 2.32 bits per heavy atom. The van der Waals surface area contributed by atoms with Crippen LogP contribution in [0.2, 0.25) is 5.02 Å². The Kier molecular flexibility index (Phi) is 5.98. The maximum Gasteiger partial charge on any atom is 0.132 e. The van der Waals surface area contributed by atoms with Gasteiger partial charge in [-0.3, -0.25) is 0 Å². The molecule has 0 unspecified atom stereocenters. The maximum absolute atomic E-state index is 5.89. The molecule has 0 saturated carbocycles. The van der Waals surface area contributed by atoms with Crippen LogP contribution in [0.4, 0.5) is 11.6 Å². The highest BCUT2D eigenvalue weighted by Crippen LogP contribution is 2.14. The van der Waals surface area contributed by atoms with Crippen LogP contribution in [0.15, 0.2) is 30.3 Å². The van der Waals surface area contributed by atoms with Crippen LogP contribution < -0.4 is 10.6 Å². The number of likely N-dealkylation sites (N-methyl/N-ethyl adjacent to an activating group) is 1. The first-order valence-electron chi connectivity index (χ1n) is 7.25. The quantitative estimate of drug-likeness (QED) is 0.821. The number of benzene rings is 1. The number of nitrogens with one attached hydrogen (secondary N) is 2. The number of halogens is 1. The summed E-state index contributed by atoms with van der Waals surface area (Å²) in [5, 5.41) is 7.37. The van der Waals surface area contributed by atoms with E-state index in [4.69, 9.17) is 11.6 Å². The van der Waals surface area contributed by atoms with Crippen molar-refractivity contribution in [3.05, 3.63) is 46.7 Å². The van der Waals surface area contributed by atoms with E-state index >= 15 is 0 Å². The Morgan fingerprint density at radius 1 is 1.05 bits per heavy atom. The van der Waals surface area contributed by atoms with Crippen LogP contribution in [0.25, 0.3) is 0 Å². The molecule has 1 aromatic heterocycles. The van der Waals surface area contributed by atoms with Gasteiger partial charge in [0.1, 0.15) is 17.5 Å². The topological polar surface area (TPSA) is 53.1 Å². The van der Waals surface area contributed by atoms with Crippen molar-refractivity contribution in [2.24, 2.45) is 0 Å². The normalized spacial score (nSPS) is 10.8. The second-order valence-corrected chi connectivity index (χ2v) is 5.83. The second kappa shape index (κ2) is 7.96. The highest BCUT2D eigenvalue weighted by atomic mass is 35.5. The van der Waals surface area contributed by atoms with Crippen molar-refractivity contribution in [3.63, 3.8) is 0 Å². The van der Waals surface area contributed by atoms with Gasteiger partial charge in [-0.25, -0.2) is 9.97 Å². The molecule has 6 heteroatoms. The van der Waals surface area contributed by atoms with E-state index in [1.807, 2.05) is 51.4 Å². The van der Waals surface area contributed by atoms with E-state index < -0.39 is 0 Å². The number of rotatable bonds is 7. The molecule has 118 valence electrons. The summed E-state index contributed by atoms with van der Waals surface area (Å²) >= 11 is 5.89. The molecule has 5 nitrogen and oxygen atoms in total. The molecule has 0 atom stereocenters. The molecule has 0 radical (unpaired) electrons. The Bertz CT molecular complexity index is 598. The van der Waals surface area contributed by atoms with E-state index in [0.717, 1.165) is 41.1 Å². The summed E-state index contributed by atoms with van der Waals surface area (Å²) in [6.45, 7) is 4.39. The Hall–Kier alpha value is -1.85. The monoisotopic (exact) mass is 319 g/mol. The largest absolute Gasteiger partial charge is 0.369 e. The molecule has 22 heavy (non-hydrogen) atoms. The Morgan fingerprint density at radius 2 is 1.68 bits per heavy atom. The van der Waals surface area contributed by atoms with Gasteiger partial charge in [-0.05, 0) is 38.7 Å². The van der Waals surface area contributed by atoms with E-state index in [2.05, 4.69) is 25.5 Å². The summed E-state index contributed by atoms with van der Waals surface area (Å²) in [6.07, 6.45) is 0. The smallest absolute Gasteiger partial charge is 0.132 e. The lowest BCUT2D eigenvalue weighted by molar-refractivity contribution is 0.425. The molecule has 2 rings (SSSR count). The standard InChI is InChI=1S/C16H22ClN5/c1-12-20-15(18-8-9-22(2)3)10-16(21-12)19-11-13-4-6-14(17)7-5-13/h4-7,10H,8-9,11H2,1-3H3,(H2,18,19,20,21). The molecule has 0 fully saturated rings. The number of hydrogen-bond acceptors (Lipinski definition) is 5. The van der Waals surface area contributed by atoms with Crippen molar-refractivity contribution in [1.82, 2.24) is 14.9 Å². The third-order valence-electron chi connectivity index (χ3n) is 3.09.